The number of hydrogen-bond acceptors (Lipinski definition) is 4. The number of nitrogens with one attached hydrogen (secondary N) is 2. The van der Waals surface area contributed by atoms with Gasteiger partial charge >= 0.3 is 0 Å². The van der Waals surface area contributed by atoms with Gasteiger partial charge in [0, 0.05) is 5.69 Å². The van der Waals surface area contributed by atoms with Crippen LogP contribution in [-0.4, -0.2) is 18.4 Å². The van der Waals surface area contributed by atoms with Gasteiger partial charge in [-0.25, -0.2) is 8.78 Å². The summed E-state index contributed by atoms with van der Waals surface area (Å²) in [6.07, 6.45) is 1.35. The van der Waals surface area contributed by atoms with Gasteiger partial charge in [-0.05, 0) is 60.2 Å². The van der Waals surface area contributed by atoms with Crippen LogP contribution >= 0.6 is 0 Å². The van der Waals surface area contributed by atoms with Crippen LogP contribution in [0.3, 0.4) is 0 Å². The second kappa shape index (κ2) is 10.5. The van der Waals surface area contributed by atoms with Crippen LogP contribution in [-0.2, 0) is 9.59 Å². The fraction of sp³-hybridized carbons (Fsp3) is 0.0417. The first-order valence-corrected chi connectivity index (χ1v) is 9.40. The lowest BCUT2D eigenvalue weighted by molar-refractivity contribution is -0.118. The van der Waals surface area contributed by atoms with Gasteiger partial charge in [-0.15, -0.1) is 0 Å². The molecule has 0 saturated heterocycles. The Morgan fingerprint density at radius 1 is 0.969 bits per heavy atom. The Bertz CT molecular complexity index is 1200. The summed E-state index contributed by atoms with van der Waals surface area (Å²) in [5.74, 6) is -1.89. The molecule has 0 aliphatic heterocycles. The Hall–Kier alpha value is -4.51. The fourth-order valence-corrected chi connectivity index (χ4v) is 2.64. The van der Waals surface area contributed by atoms with E-state index in [0.29, 0.717) is 17.0 Å². The van der Waals surface area contributed by atoms with E-state index >= 15 is 0 Å². The summed E-state index contributed by atoms with van der Waals surface area (Å²) >= 11 is 0. The molecule has 8 heteroatoms. The monoisotopic (exact) mass is 433 g/mol. The largest absolute Gasteiger partial charge is 0.484 e. The van der Waals surface area contributed by atoms with E-state index in [9.17, 15) is 23.6 Å². The number of carbonyl (C=O) groups is 2. The van der Waals surface area contributed by atoms with Crippen LogP contribution in [0.15, 0.2) is 78.4 Å². The standard InChI is InChI=1S/C24H17F2N3O3/c25-18-8-10-19(11-9-18)28-24(31)17(14-27)12-16-4-3-5-20(13-16)32-15-23(30)29-22-7-2-1-6-21(22)26/h1-13H,15H2,(H,28,31)(H,29,30). The normalized spacial score (nSPS) is 10.7. The molecule has 0 saturated carbocycles. The maximum absolute atomic E-state index is 13.6. The van der Waals surface area contributed by atoms with Gasteiger partial charge in [0.25, 0.3) is 11.8 Å². The molecule has 0 spiro atoms. The highest BCUT2D eigenvalue weighted by atomic mass is 19.1. The minimum Gasteiger partial charge on any atom is -0.484 e. The second-order valence-corrected chi connectivity index (χ2v) is 6.52. The number of nitriles is 1. The van der Waals surface area contributed by atoms with Gasteiger partial charge in [0.1, 0.15) is 29.0 Å². The average molecular weight is 433 g/mol. The van der Waals surface area contributed by atoms with E-state index in [2.05, 4.69) is 10.6 Å². The van der Waals surface area contributed by atoms with Crippen LogP contribution in [0, 0.1) is 23.0 Å². The SMILES string of the molecule is N#CC(=Cc1cccc(OCC(=O)Nc2ccccc2F)c1)C(=O)Nc1ccc(F)cc1. The smallest absolute Gasteiger partial charge is 0.266 e. The lowest BCUT2D eigenvalue weighted by atomic mass is 10.1. The van der Waals surface area contributed by atoms with Gasteiger partial charge in [-0.1, -0.05) is 24.3 Å². The molecule has 3 aromatic carbocycles. The molecule has 3 aromatic rings. The number of anilines is 2. The molecule has 160 valence electrons. The average Bonchev–Trinajstić information content (AvgIpc) is 2.79. The van der Waals surface area contributed by atoms with Crippen LogP contribution in [0.25, 0.3) is 6.08 Å². The number of ether oxygens (including phenoxy) is 1. The van der Waals surface area contributed by atoms with E-state index in [4.69, 9.17) is 4.74 Å². The van der Waals surface area contributed by atoms with E-state index in [1.165, 1.54) is 48.5 Å². The molecule has 2 amide bonds. The molecular formula is C24H17F2N3O3. The minimum atomic E-state index is -0.658. The first kappa shape index (κ1) is 22.2. The molecule has 32 heavy (non-hydrogen) atoms. The Morgan fingerprint density at radius 3 is 2.44 bits per heavy atom. The summed E-state index contributed by atoms with van der Waals surface area (Å²) in [6, 6.07) is 19.1. The molecule has 0 heterocycles. The van der Waals surface area contributed by atoms with Crippen molar-refractivity contribution in [1.29, 1.82) is 5.26 Å². The van der Waals surface area contributed by atoms with Crippen LogP contribution in [0.4, 0.5) is 20.2 Å². The summed E-state index contributed by atoms with van der Waals surface area (Å²) in [6.45, 7) is -0.363. The number of amides is 2. The highest BCUT2D eigenvalue weighted by Crippen LogP contribution is 2.18. The molecule has 0 aliphatic rings. The lowest BCUT2D eigenvalue weighted by Crippen LogP contribution is -2.20. The second-order valence-electron chi connectivity index (χ2n) is 6.52. The van der Waals surface area contributed by atoms with Crippen LogP contribution in [0.2, 0.25) is 0 Å². The zero-order chi connectivity index (χ0) is 22.9. The minimum absolute atomic E-state index is 0.0450. The number of hydrogen-bond donors (Lipinski definition) is 2. The van der Waals surface area contributed by atoms with Gasteiger partial charge in [-0.2, -0.15) is 5.26 Å². The lowest BCUT2D eigenvalue weighted by Gasteiger charge is -2.09. The molecule has 3 rings (SSSR count). The van der Waals surface area contributed by atoms with Crippen molar-refractivity contribution < 1.29 is 23.1 Å². The van der Waals surface area contributed by atoms with Crippen molar-refractivity contribution in [3.8, 4) is 11.8 Å². The molecule has 6 nitrogen and oxygen atoms in total. The molecule has 0 atom stereocenters. The fourth-order valence-electron chi connectivity index (χ4n) is 2.64. The maximum Gasteiger partial charge on any atom is 0.266 e. The number of halogens is 2. The zero-order valence-electron chi connectivity index (χ0n) is 16.6. The first-order chi connectivity index (χ1) is 15.4. The van der Waals surface area contributed by atoms with Crippen molar-refractivity contribution in [2.45, 2.75) is 0 Å². The van der Waals surface area contributed by atoms with E-state index in [1.54, 1.807) is 30.3 Å². The Labute approximate surface area is 182 Å². The number of rotatable bonds is 7. The molecular weight excluding hydrogens is 416 g/mol. The number of para-hydroxylation sites is 1. The van der Waals surface area contributed by atoms with Crippen molar-refractivity contribution in [2.75, 3.05) is 17.2 Å². The molecule has 0 radical (unpaired) electrons. The summed E-state index contributed by atoms with van der Waals surface area (Å²) in [5, 5.41) is 14.3. The topological polar surface area (TPSA) is 91.2 Å². The molecule has 0 unspecified atom stereocenters. The Balaban J connectivity index is 1.63. The predicted octanol–water partition coefficient (Wildman–Crippen LogP) is 4.53. The van der Waals surface area contributed by atoms with Gasteiger partial charge in [-0.3, -0.25) is 9.59 Å². The van der Waals surface area contributed by atoms with E-state index < -0.39 is 23.4 Å². The summed E-state index contributed by atoms with van der Waals surface area (Å²) in [7, 11) is 0. The van der Waals surface area contributed by atoms with Gasteiger partial charge in [0.15, 0.2) is 6.61 Å². The zero-order valence-corrected chi connectivity index (χ0v) is 16.6. The van der Waals surface area contributed by atoms with Crippen molar-refractivity contribution in [2.24, 2.45) is 0 Å². The summed E-state index contributed by atoms with van der Waals surface area (Å²) in [4.78, 5) is 24.3. The highest BCUT2D eigenvalue weighted by Gasteiger charge is 2.11. The maximum atomic E-state index is 13.6. The first-order valence-electron chi connectivity index (χ1n) is 9.40. The van der Waals surface area contributed by atoms with Gasteiger partial charge in [0.05, 0.1) is 5.69 Å². The van der Waals surface area contributed by atoms with E-state index in [0.717, 1.165) is 0 Å². The van der Waals surface area contributed by atoms with Gasteiger partial charge in [0.2, 0.25) is 0 Å². The van der Waals surface area contributed by atoms with Crippen molar-refractivity contribution in [3.05, 3.63) is 95.6 Å². The van der Waals surface area contributed by atoms with Gasteiger partial charge < -0.3 is 15.4 Å². The third-order valence-electron chi connectivity index (χ3n) is 4.15. The molecule has 0 aromatic heterocycles. The van der Waals surface area contributed by atoms with Crippen LogP contribution in [0.1, 0.15) is 5.56 Å². The Morgan fingerprint density at radius 2 is 1.72 bits per heavy atom. The molecule has 2 N–H and O–H groups in total. The molecule has 0 aliphatic carbocycles. The van der Waals surface area contributed by atoms with Crippen molar-refractivity contribution >= 4 is 29.3 Å². The summed E-state index contributed by atoms with van der Waals surface area (Å²) < 4.78 is 32.0. The van der Waals surface area contributed by atoms with Crippen molar-refractivity contribution in [1.82, 2.24) is 0 Å². The van der Waals surface area contributed by atoms with Crippen LogP contribution in [0.5, 0.6) is 5.75 Å². The third-order valence-corrected chi connectivity index (χ3v) is 4.15. The highest BCUT2D eigenvalue weighted by molar-refractivity contribution is 6.09. The molecule has 0 bridgehead atoms. The van der Waals surface area contributed by atoms with Crippen molar-refractivity contribution in [3.63, 3.8) is 0 Å². The summed E-state index contributed by atoms with van der Waals surface area (Å²) in [5.41, 5.74) is 0.700. The van der Waals surface area contributed by atoms with E-state index in [-0.39, 0.29) is 17.9 Å². The van der Waals surface area contributed by atoms with E-state index in [1.807, 2.05) is 6.07 Å². The number of nitrogens with zero attached hydrogens (tertiary/aromatic N) is 1. The molecule has 0 fully saturated rings. The van der Waals surface area contributed by atoms with Crippen LogP contribution < -0.4 is 15.4 Å². The predicted molar refractivity (Wildman–Crippen MR) is 116 cm³/mol. The number of benzene rings is 3. The Kier molecular flexibility index (Phi) is 7.28. The number of carbonyl (C=O) groups excluding carboxylic acids is 2. The quantitative estimate of drug-likeness (QED) is 0.423. The third kappa shape index (κ3) is 6.24.